The van der Waals surface area contributed by atoms with Crippen molar-refractivity contribution in [2.75, 3.05) is 25.6 Å². The number of Topliss-reactive ketones (excluding diaryl/α,β-unsaturated/α-hetero) is 2. The Balaban J connectivity index is 1.13. The Labute approximate surface area is 381 Å². The zero-order valence-electron chi connectivity index (χ0n) is 37.2. The lowest BCUT2D eigenvalue weighted by Crippen LogP contribution is -2.61. The minimum Gasteiger partial charge on any atom is -0.455 e. The zero-order chi connectivity index (χ0) is 47.5. The summed E-state index contributed by atoms with van der Waals surface area (Å²) in [5.74, 6) is -4.91. The van der Waals surface area contributed by atoms with E-state index in [0.717, 1.165) is 12.0 Å². The molecule has 2 atom stereocenters. The third-order valence-corrected chi connectivity index (χ3v) is 12.3. The van der Waals surface area contributed by atoms with Gasteiger partial charge in [-0.2, -0.15) is 0 Å². The molecule has 14 heteroatoms. The molecule has 0 saturated heterocycles. The summed E-state index contributed by atoms with van der Waals surface area (Å²) in [6, 6.07) is 21.9. The van der Waals surface area contributed by atoms with Crippen LogP contribution in [0.3, 0.4) is 0 Å². The van der Waals surface area contributed by atoms with Crippen molar-refractivity contribution in [2.45, 2.75) is 70.5 Å². The summed E-state index contributed by atoms with van der Waals surface area (Å²) in [6.07, 6.45) is 4.06. The van der Waals surface area contributed by atoms with Crippen molar-refractivity contribution in [3.05, 3.63) is 148 Å². The Morgan fingerprint density at radius 1 is 0.591 bits per heavy atom. The van der Waals surface area contributed by atoms with Crippen molar-refractivity contribution in [1.29, 1.82) is 0 Å². The van der Waals surface area contributed by atoms with Crippen LogP contribution in [0.1, 0.15) is 120 Å². The van der Waals surface area contributed by atoms with E-state index in [4.69, 9.17) is 18.9 Å². The molecule has 4 aromatic carbocycles. The van der Waals surface area contributed by atoms with Crippen LogP contribution >= 0.6 is 0 Å². The summed E-state index contributed by atoms with van der Waals surface area (Å²) in [4.78, 5) is 105. The molecule has 8 rings (SSSR count). The van der Waals surface area contributed by atoms with Crippen molar-refractivity contribution in [2.24, 2.45) is 11.8 Å². The molecule has 0 radical (unpaired) electrons. The normalized spacial score (nSPS) is 20.0. The van der Waals surface area contributed by atoms with Crippen LogP contribution in [0.4, 0.5) is 5.69 Å². The van der Waals surface area contributed by atoms with Gasteiger partial charge in [-0.1, -0.05) is 49.1 Å². The summed E-state index contributed by atoms with van der Waals surface area (Å²) in [5, 5.41) is 5.24. The molecule has 340 valence electrons. The Kier molecular flexibility index (Phi) is 13.3. The molecular formula is C52H50N2O12. The van der Waals surface area contributed by atoms with Crippen LogP contribution in [0.2, 0.25) is 0 Å². The molecule has 14 nitrogen and oxygen atoms in total. The monoisotopic (exact) mass is 894 g/mol. The molecule has 0 aliphatic heterocycles. The van der Waals surface area contributed by atoms with Gasteiger partial charge in [-0.25, -0.2) is 19.2 Å². The van der Waals surface area contributed by atoms with Gasteiger partial charge in [0.1, 0.15) is 11.2 Å². The highest BCUT2D eigenvalue weighted by atomic mass is 16.6. The number of nitrogens with one attached hydrogen (secondary N) is 2. The molecule has 66 heavy (non-hydrogen) atoms. The average Bonchev–Trinajstić information content (AvgIpc) is 3.28. The predicted octanol–water partition coefficient (Wildman–Crippen LogP) is 7.98. The van der Waals surface area contributed by atoms with Gasteiger partial charge in [0.2, 0.25) is 0 Å². The summed E-state index contributed by atoms with van der Waals surface area (Å²) in [7, 11) is 1.37. The average molecular weight is 895 g/mol. The number of rotatable bonds is 16. The molecule has 4 bridgehead atoms. The molecule has 2 N–H and O–H groups in total. The molecule has 0 spiro atoms. The second kappa shape index (κ2) is 18.9. The minimum atomic E-state index is -0.981. The summed E-state index contributed by atoms with van der Waals surface area (Å²) < 4.78 is 23.1. The summed E-state index contributed by atoms with van der Waals surface area (Å²) in [6.45, 7) is 10.8. The number of benzene rings is 4. The molecule has 4 aliphatic carbocycles. The maximum Gasteiger partial charge on any atom is 0.339 e. The topological polar surface area (TPSA) is 198 Å². The number of amides is 2. The van der Waals surface area contributed by atoms with Crippen LogP contribution in [-0.2, 0) is 28.5 Å². The highest BCUT2D eigenvalue weighted by Gasteiger charge is 2.61. The van der Waals surface area contributed by atoms with E-state index in [1.807, 2.05) is 19.1 Å². The van der Waals surface area contributed by atoms with Crippen molar-refractivity contribution in [3.63, 3.8) is 0 Å². The summed E-state index contributed by atoms with van der Waals surface area (Å²) >= 11 is 0. The van der Waals surface area contributed by atoms with Gasteiger partial charge in [0.05, 0.1) is 33.4 Å². The third kappa shape index (κ3) is 10.2. The highest BCUT2D eigenvalue weighted by molar-refractivity contribution is 6.13. The Hall–Kier alpha value is -7.48. The van der Waals surface area contributed by atoms with Gasteiger partial charge in [-0.15, -0.1) is 0 Å². The second-order valence-corrected chi connectivity index (χ2v) is 17.7. The first kappa shape index (κ1) is 46.5. The molecule has 0 aromatic heterocycles. The Morgan fingerprint density at radius 2 is 1.06 bits per heavy atom. The number of carbonyl (C=O) groups excluding carboxylic acids is 8. The SMILES string of the molecule is C=C(C)C(=O)COC(=O)c1ccc(-c2ccc(C(=O)OCC(=O)C(=C)C)c(C(=O)Nc3cccc(C(=O)OC45CC6CC(CC(OC(=O)c7cccc(C)c7)(C6)C4)C5)c3)c2)cc1C(=O)NC. The zero-order valence-corrected chi connectivity index (χ0v) is 37.2. The fourth-order valence-electron chi connectivity index (χ4n) is 9.52. The van der Waals surface area contributed by atoms with E-state index in [9.17, 15) is 38.4 Å². The quantitative estimate of drug-likeness (QED) is 0.0626. The van der Waals surface area contributed by atoms with Crippen LogP contribution in [0.5, 0.6) is 0 Å². The van der Waals surface area contributed by atoms with Crippen LogP contribution in [-0.4, -0.2) is 78.7 Å². The number of hydrogen-bond acceptors (Lipinski definition) is 12. The number of hydrogen-bond donors (Lipinski definition) is 2. The van der Waals surface area contributed by atoms with Crippen molar-refractivity contribution in [1.82, 2.24) is 5.32 Å². The van der Waals surface area contributed by atoms with E-state index in [2.05, 4.69) is 23.8 Å². The largest absolute Gasteiger partial charge is 0.455 e. The Bertz CT molecular complexity index is 2720. The molecule has 2 amide bonds. The number of ketones is 2. The number of esters is 4. The molecular weight excluding hydrogens is 845 g/mol. The van der Waals surface area contributed by atoms with Gasteiger partial charge in [-0.05, 0) is 142 Å². The highest BCUT2D eigenvalue weighted by Crippen LogP contribution is 2.60. The number of anilines is 1. The van der Waals surface area contributed by atoms with Gasteiger partial charge in [0, 0.05) is 19.2 Å². The minimum absolute atomic E-state index is 0.0914. The number of aryl methyl sites for hydroxylation is 1. The molecule has 2 unspecified atom stereocenters. The third-order valence-electron chi connectivity index (χ3n) is 12.3. The van der Waals surface area contributed by atoms with Gasteiger partial charge in [0.15, 0.2) is 24.8 Å². The lowest BCUT2D eigenvalue weighted by atomic mass is 9.52. The lowest BCUT2D eigenvalue weighted by molar-refractivity contribution is -0.200. The van der Waals surface area contributed by atoms with Crippen LogP contribution in [0.25, 0.3) is 11.1 Å². The van der Waals surface area contributed by atoms with E-state index in [1.54, 1.807) is 30.3 Å². The number of ether oxygens (including phenoxy) is 4. The molecule has 0 heterocycles. The first-order valence-corrected chi connectivity index (χ1v) is 21.5. The van der Waals surface area contributed by atoms with E-state index < -0.39 is 71.7 Å². The number of carbonyl (C=O) groups is 8. The van der Waals surface area contributed by atoms with E-state index in [1.165, 1.54) is 63.4 Å². The maximum absolute atomic E-state index is 14.2. The first-order chi connectivity index (χ1) is 31.4. The van der Waals surface area contributed by atoms with Crippen molar-refractivity contribution >= 4 is 52.9 Å². The Morgan fingerprint density at radius 3 is 1.53 bits per heavy atom. The molecule has 4 aliphatic rings. The molecule has 4 aromatic rings. The fourth-order valence-corrected chi connectivity index (χ4v) is 9.52. The lowest BCUT2D eigenvalue weighted by Gasteiger charge is -2.60. The maximum atomic E-state index is 14.2. The first-order valence-electron chi connectivity index (χ1n) is 21.5. The van der Waals surface area contributed by atoms with Crippen LogP contribution in [0.15, 0.2) is 109 Å². The van der Waals surface area contributed by atoms with Gasteiger partial charge < -0.3 is 29.6 Å². The van der Waals surface area contributed by atoms with Gasteiger partial charge in [0.25, 0.3) is 11.8 Å². The second-order valence-electron chi connectivity index (χ2n) is 17.7. The van der Waals surface area contributed by atoms with Gasteiger partial charge in [-0.3, -0.25) is 19.2 Å². The van der Waals surface area contributed by atoms with Crippen LogP contribution < -0.4 is 10.6 Å². The van der Waals surface area contributed by atoms with Crippen LogP contribution in [0, 0.1) is 18.8 Å². The van der Waals surface area contributed by atoms with Crippen molar-refractivity contribution in [3.8, 4) is 11.1 Å². The van der Waals surface area contributed by atoms with Crippen molar-refractivity contribution < 1.29 is 57.3 Å². The smallest absolute Gasteiger partial charge is 0.339 e. The standard InChI is InChI=1S/C52H50N2O12/c1-29(2)43(55)26-63-49(61)39-15-13-34(20-41(39)45(57)53-6)35-14-16-40(50(62)64-27-44(56)30(3)4)42(21-35)46(58)54-38-12-8-11-37(19-38)48(60)66-52-24-32-18-33(25-52)23-51(22-32,28-52)65-47(59)36-10-7-9-31(5)17-36/h7-17,19-21,32-33H,1,3,18,22-28H2,2,4-6H3,(H,53,57)(H,54,58). The van der Waals surface area contributed by atoms with E-state index in [-0.39, 0.29) is 56.5 Å². The van der Waals surface area contributed by atoms with E-state index >= 15 is 0 Å². The fraction of sp³-hybridized carbons (Fsp3) is 0.308. The van der Waals surface area contributed by atoms with Gasteiger partial charge >= 0.3 is 23.9 Å². The van der Waals surface area contributed by atoms with E-state index in [0.29, 0.717) is 48.8 Å². The summed E-state index contributed by atoms with van der Waals surface area (Å²) in [5.41, 5.74) is 0.630. The molecule has 4 saturated carbocycles. The molecule has 4 fully saturated rings. The predicted molar refractivity (Wildman–Crippen MR) is 242 cm³/mol.